The topological polar surface area (TPSA) is 64.0 Å². The molecule has 172 valence electrons. The van der Waals surface area contributed by atoms with Gasteiger partial charge in [0.05, 0.1) is 23.3 Å². The second kappa shape index (κ2) is 9.58. The highest BCUT2D eigenvalue weighted by atomic mass is 35.5. The first-order valence-corrected chi connectivity index (χ1v) is 10.5. The van der Waals surface area contributed by atoms with Crippen LogP contribution in [0.2, 0.25) is 5.02 Å². The van der Waals surface area contributed by atoms with Crippen LogP contribution >= 0.6 is 11.6 Å². The Bertz CT molecular complexity index is 1290. The molecule has 0 bridgehead atoms. The predicted octanol–water partition coefficient (Wildman–Crippen LogP) is 5.55. The molecule has 2 aromatic carbocycles. The summed E-state index contributed by atoms with van der Waals surface area (Å²) in [6.45, 7) is 0.999. The van der Waals surface area contributed by atoms with Gasteiger partial charge < -0.3 is 15.5 Å². The molecule has 2 aromatic heterocycles. The molecule has 0 fully saturated rings. The van der Waals surface area contributed by atoms with Crippen molar-refractivity contribution in [1.82, 2.24) is 14.6 Å². The van der Waals surface area contributed by atoms with Gasteiger partial charge in [0.15, 0.2) is 11.6 Å². The Balaban J connectivity index is 1.60. The van der Waals surface area contributed by atoms with Gasteiger partial charge in [-0.2, -0.15) is 0 Å². The van der Waals surface area contributed by atoms with Crippen molar-refractivity contribution in [2.24, 2.45) is 0 Å². The molecular formula is C23H21ClF3N5O. The van der Waals surface area contributed by atoms with E-state index in [2.05, 4.69) is 20.7 Å². The largest absolute Gasteiger partial charge is 0.487 e. The lowest BCUT2D eigenvalue weighted by Crippen LogP contribution is -2.15. The van der Waals surface area contributed by atoms with Crippen molar-refractivity contribution in [3.05, 3.63) is 71.0 Å². The van der Waals surface area contributed by atoms with Gasteiger partial charge in [0, 0.05) is 29.4 Å². The van der Waals surface area contributed by atoms with Crippen molar-refractivity contribution in [3.8, 4) is 16.9 Å². The van der Waals surface area contributed by atoms with Crippen LogP contribution in [0.4, 0.5) is 19.1 Å². The van der Waals surface area contributed by atoms with Gasteiger partial charge in [0.1, 0.15) is 18.6 Å². The molecular weight excluding hydrogens is 455 g/mol. The van der Waals surface area contributed by atoms with Gasteiger partial charge in [0.2, 0.25) is 5.95 Å². The highest BCUT2D eigenvalue weighted by Crippen LogP contribution is 2.36. The summed E-state index contributed by atoms with van der Waals surface area (Å²) in [7, 11) is 1.75. The summed E-state index contributed by atoms with van der Waals surface area (Å²) < 4.78 is 49.6. The molecule has 0 aliphatic carbocycles. The number of benzene rings is 2. The number of hydrogen-bond donors (Lipinski definition) is 2. The van der Waals surface area contributed by atoms with Crippen LogP contribution in [0, 0.1) is 11.6 Å². The molecule has 0 aliphatic rings. The number of alkyl halides is 1. The zero-order chi connectivity index (χ0) is 23.5. The Morgan fingerprint density at radius 3 is 2.67 bits per heavy atom. The zero-order valence-corrected chi connectivity index (χ0v) is 18.6. The molecule has 6 nitrogen and oxygen atoms in total. The van der Waals surface area contributed by atoms with E-state index in [-0.39, 0.29) is 40.7 Å². The Morgan fingerprint density at radius 1 is 1.15 bits per heavy atom. The van der Waals surface area contributed by atoms with Crippen LogP contribution in [-0.4, -0.2) is 34.5 Å². The number of hydrogen-bond acceptors (Lipinski definition) is 5. The summed E-state index contributed by atoms with van der Waals surface area (Å²) in [5.74, 6) is -1.09. The minimum absolute atomic E-state index is 0.0593. The quantitative estimate of drug-likeness (QED) is 0.350. The van der Waals surface area contributed by atoms with Gasteiger partial charge in [-0.15, -0.1) is 0 Å². The van der Waals surface area contributed by atoms with E-state index in [0.717, 1.165) is 17.1 Å². The first kappa shape index (κ1) is 22.7. The fraction of sp³-hybridized carbons (Fsp3) is 0.217. The second-order valence-corrected chi connectivity index (χ2v) is 7.78. The van der Waals surface area contributed by atoms with Crippen molar-refractivity contribution in [2.75, 3.05) is 24.4 Å². The highest BCUT2D eigenvalue weighted by Gasteiger charge is 2.18. The molecule has 0 spiro atoms. The van der Waals surface area contributed by atoms with Gasteiger partial charge in [-0.3, -0.25) is 4.98 Å². The van der Waals surface area contributed by atoms with Crippen LogP contribution in [0.5, 0.6) is 5.75 Å². The molecule has 2 N–H and O–H groups in total. The second-order valence-electron chi connectivity index (χ2n) is 7.35. The van der Waals surface area contributed by atoms with E-state index in [0.29, 0.717) is 5.95 Å². The Morgan fingerprint density at radius 2 is 1.94 bits per heavy atom. The SMILES string of the molecule is CNn1c(NCc2ncc(-c3cc(Cl)cc(F)c3OCC(C)F)cc2F)nc2ccccc21. The average Bonchev–Trinajstić information content (AvgIpc) is 3.14. The van der Waals surface area contributed by atoms with E-state index in [1.165, 1.54) is 25.3 Å². The minimum Gasteiger partial charge on any atom is -0.487 e. The number of pyridine rings is 1. The average molecular weight is 476 g/mol. The molecule has 0 amide bonds. The number of ether oxygens (including phenoxy) is 1. The highest BCUT2D eigenvalue weighted by molar-refractivity contribution is 6.31. The van der Waals surface area contributed by atoms with Crippen molar-refractivity contribution in [3.63, 3.8) is 0 Å². The number of nitrogens with zero attached hydrogens (tertiary/aromatic N) is 3. The van der Waals surface area contributed by atoms with Gasteiger partial charge in [-0.25, -0.2) is 22.8 Å². The van der Waals surface area contributed by atoms with Gasteiger partial charge in [-0.05, 0) is 37.3 Å². The zero-order valence-electron chi connectivity index (χ0n) is 17.9. The van der Waals surface area contributed by atoms with E-state index in [1.807, 2.05) is 24.3 Å². The number of nitrogens with one attached hydrogen (secondary N) is 2. The maximum absolute atomic E-state index is 14.9. The van der Waals surface area contributed by atoms with E-state index in [9.17, 15) is 13.2 Å². The molecule has 4 aromatic rings. The van der Waals surface area contributed by atoms with E-state index in [4.69, 9.17) is 16.3 Å². The lowest BCUT2D eigenvalue weighted by molar-refractivity contribution is 0.204. The molecule has 0 saturated heterocycles. The summed E-state index contributed by atoms with van der Waals surface area (Å²) >= 11 is 5.98. The Labute approximate surface area is 193 Å². The molecule has 10 heteroatoms. The minimum atomic E-state index is -1.31. The van der Waals surface area contributed by atoms with E-state index >= 15 is 0 Å². The first-order valence-electron chi connectivity index (χ1n) is 10.2. The molecule has 0 saturated carbocycles. The van der Waals surface area contributed by atoms with E-state index in [1.54, 1.807) is 11.7 Å². The normalized spacial score (nSPS) is 12.1. The van der Waals surface area contributed by atoms with Crippen LogP contribution in [0.15, 0.2) is 48.7 Å². The van der Waals surface area contributed by atoms with Gasteiger partial charge in [0.25, 0.3) is 0 Å². The maximum atomic E-state index is 14.9. The number of anilines is 1. The van der Waals surface area contributed by atoms with Crippen LogP contribution < -0.4 is 15.5 Å². The fourth-order valence-corrected chi connectivity index (χ4v) is 3.60. The third kappa shape index (κ3) is 4.83. The molecule has 33 heavy (non-hydrogen) atoms. The molecule has 1 atom stereocenters. The summed E-state index contributed by atoms with van der Waals surface area (Å²) in [5.41, 5.74) is 5.24. The lowest BCUT2D eigenvalue weighted by atomic mass is 10.1. The van der Waals surface area contributed by atoms with Crippen LogP contribution in [0.3, 0.4) is 0 Å². The van der Waals surface area contributed by atoms with Crippen molar-refractivity contribution < 1.29 is 17.9 Å². The Kier molecular flexibility index (Phi) is 6.60. The monoisotopic (exact) mass is 475 g/mol. The summed E-state index contributed by atoms with van der Waals surface area (Å²) in [4.78, 5) is 8.68. The first-order chi connectivity index (χ1) is 15.9. The number of rotatable bonds is 8. The third-order valence-electron chi connectivity index (χ3n) is 4.89. The number of fused-ring (bicyclic) bond motifs is 1. The summed E-state index contributed by atoms with van der Waals surface area (Å²) in [5, 5.41) is 3.17. The summed E-state index contributed by atoms with van der Waals surface area (Å²) in [6, 6.07) is 11.2. The molecule has 0 aliphatic heterocycles. The van der Waals surface area contributed by atoms with Crippen LogP contribution in [0.1, 0.15) is 12.6 Å². The maximum Gasteiger partial charge on any atom is 0.223 e. The Hall–Kier alpha value is -3.46. The summed E-state index contributed by atoms with van der Waals surface area (Å²) in [6.07, 6.45) is 0.0795. The lowest BCUT2D eigenvalue weighted by Gasteiger charge is -2.14. The van der Waals surface area contributed by atoms with E-state index < -0.39 is 17.8 Å². The van der Waals surface area contributed by atoms with Crippen molar-refractivity contribution in [2.45, 2.75) is 19.6 Å². The number of imidazole rings is 1. The number of halogens is 4. The van der Waals surface area contributed by atoms with Crippen LogP contribution in [0.25, 0.3) is 22.2 Å². The molecule has 0 radical (unpaired) electrons. The number of para-hydroxylation sites is 2. The molecule has 1 unspecified atom stereocenters. The smallest absolute Gasteiger partial charge is 0.223 e. The van der Waals surface area contributed by atoms with Crippen LogP contribution in [-0.2, 0) is 6.54 Å². The van der Waals surface area contributed by atoms with Gasteiger partial charge in [-0.1, -0.05) is 23.7 Å². The standard InChI is InChI=1S/C23H21ClF3N5O/c1-13(25)12-33-22-16(8-15(24)9-18(22)27)14-7-17(26)20(29-10-14)11-30-23-31-19-5-3-4-6-21(19)32(23)28-2/h3-10,13,28H,11-12H2,1-2H3,(H,30,31). The molecule has 2 heterocycles. The predicted molar refractivity (Wildman–Crippen MR) is 123 cm³/mol. The number of aromatic nitrogens is 3. The molecule has 4 rings (SSSR count). The fourth-order valence-electron chi connectivity index (χ4n) is 3.40. The third-order valence-corrected chi connectivity index (χ3v) is 5.11. The van der Waals surface area contributed by atoms with Gasteiger partial charge >= 0.3 is 0 Å². The van der Waals surface area contributed by atoms with Crippen molar-refractivity contribution in [1.29, 1.82) is 0 Å². The van der Waals surface area contributed by atoms with Crippen molar-refractivity contribution >= 4 is 28.6 Å².